The molecule has 0 aliphatic heterocycles. The monoisotopic (exact) mass is 408 g/mol. The van der Waals surface area contributed by atoms with E-state index in [9.17, 15) is 4.79 Å². The topological polar surface area (TPSA) is 36.1 Å². The van der Waals surface area contributed by atoms with Crippen molar-refractivity contribution in [2.24, 2.45) is 5.92 Å². The van der Waals surface area contributed by atoms with Crippen molar-refractivity contribution in [3.63, 3.8) is 0 Å². The summed E-state index contributed by atoms with van der Waals surface area (Å²) in [6.45, 7) is 2.71. The maximum absolute atomic E-state index is 13.3. The number of aromatic amines is 1. The number of para-hydroxylation sites is 1. The molecule has 5 rings (SSSR count). The van der Waals surface area contributed by atoms with E-state index in [0.29, 0.717) is 0 Å². The molecule has 0 fully saturated rings. The number of Topliss-reactive ketones (excluding diaryl/α,β-unsaturated/α-hetero) is 1. The van der Waals surface area contributed by atoms with Crippen molar-refractivity contribution in [2.45, 2.75) is 32.4 Å². The minimum atomic E-state index is 0.0922. The van der Waals surface area contributed by atoms with E-state index in [4.69, 9.17) is 0 Å². The quantitative estimate of drug-likeness (QED) is 0.407. The van der Waals surface area contributed by atoms with Gasteiger partial charge in [-0.2, -0.15) is 0 Å². The first kappa shape index (κ1) is 19.8. The zero-order valence-corrected chi connectivity index (χ0v) is 17.8. The largest absolute Gasteiger partial charge is 0.352 e. The number of hydrogen-bond donors (Lipinski definition) is 1. The first-order chi connectivity index (χ1) is 15.3. The van der Waals surface area contributed by atoms with E-state index in [0.717, 1.165) is 50.1 Å². The Bertz CT molecular complexity index is 1120. The number of aromatic nitrogens is 1. The third-order valence-corrected chi connectivity index (χ3v) is 6.47. The van der Waals surface area contributed by atoms with Crippen LogP contribution >= 0.6 is 0 Å². The third kappa shape index (κ3) is 4.33. The van der Waals surface area contributed by atoms with E-state index in [1.54, 1.807) is 0 Å². The van der Waals surface area contributed by atoms with Crippen LogP contribution in [0, 0.1) is 5.92 Å². The molecule has 1 N–H and O–H groups in total. The summed E-state index contributed by atoms with van der Waals surface area (Å²) < 4.78 is 0. The lowest BCUT2D eigenvalue weighted by Crippen LogP contribution is -2.29. The summed E-state index contributed by atoms with van der Waals surface area (Å²) in [5.74, 6) is 0.381. The van der Waals surface area contributed by atoms with Crippen LogP contribution in [0.5, 0.6) is 0 Å². The van der Waals surface area contributed by atoms with Crippen LogP contribution in [0.4, 0.5) is 0 Å². The summed E-state index contributed by atoms with van der Waals surface area (Å²) in [5, 5.41) is 1.21. The predicted octanol–water partition coefficient (Wildman–Crippen LogP) is 6.01. The molecule has 4 aromatic rings. The standard InChI is InChI=1S/C28H28N2O/c31-28-23(15-16-25-24-13-7-8-14-26(24)29-27(25)28)17-18-30(19-21-9-3-1-4-10-21)20-22-11-5-2-6-12-22/h1-14,23,29H,15-20H2. The zero-order valence-electron chi connectivity index (χ0n) is 17.8. The fourth-order valence-corrected chi connectivity index (χ4v) is 4.83. The summed E-state index contributed by atoms with van der Waals surface area (Å²) in [6, 6.07) is 29.5. The molecule has 3 nitrogen and oxygen atoms in total. The average Bonchev–Trinajstić information content (AvgIpc) is 3.19. The third-order valence-electron chi connectivity index (χ3n) is 6.47. The van der Waals surface area contributed by atoms with Crippen molar-refractivity contribution in [1.29, 1.82) is 0 Å². The number of nitrogens with one attached hydrogen (secondary N) is 1. The number of nitrogens with zero attached hydrogens (tertiary/aromatic N) is 1. The van der Waals surface area contributed by atoms with Crippen molar-refractivity contribution < 1.29 is 4.79 Å². The van der Waals surface area contributed by atoms with Crippen molar-refractivity contribution in [1.82, 2.24) is 9.88 Å². The Morgan fingerprint density at radius 3 is 2.10 bits per heavy atom. The lowest BCUT2D eigenvalue weighted by Gasteiger charge is -2.27. The van der Waals surface area contributed by atoms with Crippen LogP contribution in [-0.2, 0) is 19.5 Å². The summed E-state index contributed by atoms with van der Waals surface area (Å²) in [7, 11) is 0. The van der Waals surface area contributed by atoms with Gasteiger partial charge < -0.3 is 4.98 Å². The van der Waals surface area contributed by atoms with Crippen LogP contribution in [0.2, 0.25) is 0 Å². The summed E-state index contributed by atoms with van der Waals surface area (Å²) in [5.41, 5.74) is 5.76. The van der Waals surface area contributed by atoms with Crippen LogP contribution in [0.15, 0.2) is 84.9 Å². The highest BCUT2D eigenvalue weighted by molar-refractivity contribution is 6.04. The summed E-state index contributed by atoms with van der Waals surface area (Å²) >= 11 is 0. The molecule has 31 heavy (non-hydrogen) atoms. The number of carbonyl (C=O) groups excluding carboxylic acids is 1. The highest BCUT2D eigenvalue weighted by atomic mass is 16.1. The van der Waals surface area contributed by atoms with Gasteiger partial charge in [-0.05, 0) is 48.6 Å². The van der Waals surface area contributed by atoms with Gasteiger partial charge in [0.05, 0.1) is 5.69 Å². The van der Waals surface area contributed by atoms with Crippen molar-refractivity contribution in [2.75, 3.05) is 6.54 Å². The molecule has 3 heteroatoms. The number of ketones is 1. The fraction of sp³-hybridized carbons (Fsp3) is 0.250. The molecule has 1 aliphatic rings. The Balaban J connectivity index is 1.31. The molecule has 0 saturated heterocycles. The Labute approximate surface area is 183 Å². The van der Waals surface area contributed by atoms with Gasteiger partial charge in [0.25, 0.3) is 0 Å². The fourth-order valence-electron chi connectivity index (χ4n) is 4.83. The molecule has 0 saturated carbocycles. The number of rotatable bonds is 7. The smallest absolute Gasteiger partial charge is 0.182 e. The van der Waals surface area contributed by atoms with Crippen LogP contribution in [0.3, 0.4) is 0 Å². The van der Waals surface area contributed by atoms with Crippen molar-refractivity contribution in [3.8, 4) is 0 Å². The van der Waals surface area contributed by atoms with Crippen LogP contribution in [0.25, 0.3) is 10.9 Å². The maximum atomic E-state index is 13.3. The van der Waals surface area contributed by atoms with Crippen LogP contribution in [-0.4, -0.2) is 22.2 Å². The van der Waals surface area contributed by atoms with Gasteiger partial charge in [0, 0.05) is 29.9 Å². The lowest BCUT2D eigenvalue weighted by molar-refractivity contribution is 0.0876. The van der Waals surface area contributed by atoms with E-state index in [1.165, 1.54) is 22.1 Å². The van der Waals surface area contributed by atoms with Gasteiger partial charge >= 0.3 is 0 Å². The Hall–Kier alpha value is -3.17. The minimum absolute atomic E-state index is 0.0922. The molecule has 0 spiro atoms. The van der Waals surface area contributed by atoms with E-state index in [-0.39, 0.29) is 11.7 Å². The first-order valence-electron chi connectivity index (χ1n) is 11.2. The van der Waals surface area contributed by atoms with Gasteiger partial charge in [-0.15, -0.1) is 0 Å². The Kier molecular flexibility index (Phi) is 5.68. The molecule has 156 valence electrons. The highest BCUT2D eigenvalue weighted by Crippen LogP contribution is 2.33. The second kappa shape index (κ2) is 8.91. The molecule has 1 heterocycles. The molecule has 3 aromatic carbocycles. The van der Waals surface area contributed by atoms with E-state index < -0.39 is 0 Å². The molecule has 1 unspecified atom stereocenters. The number of benzene rings is 3. The van der Waals surface area contributed by atoms with Crippen molar-refractivity contribution >= 4 is 16.7 Å². The lowest BCUT2D eigenvalue weighted by atomic mass is 9.83. The summed E-state index contributed by atoms with van der Waals surface area (Å²) in [4.78, 5) is 19.1. The Morgan fingerprint density at radius 2 is 1.42 bits per heavy atom. The van der Waals surface area contributed by atoms with Gasteiger partial charge in [0.1, 0.15) is 0 Å². The molecule has 1 atom stereocenters. The average molecular weight is 409 g/mol. The summed E-state index contributed by atoms with van der Waals surface area (Å²) in [6.07, 6.45) is 2.82. The second-order valence-electron chi connectivity index (χ2n) is 8.59. The molecule has 0 radical (unpaired) electrons. The van der Waals surface area contributed by atoms with E-state index in [1.807, 2.05) is 6.07 Å². The molecule has 1 aliphatic carbocycles. The first-order valence-corrected chi connectivity index (χ1v) is 11.2. The number of carbonyl (C=O) groups is 1. The number of hydrogen-bond acceptors (Lipinski definition) is 2. The van der Waals surface area contributed by atoms with E-state index in [2.05, 4.69) is 88.7 Å². The zero-order chi connectivity index (χ0) is 21.0. The van der Waals surface area contributed by atoms with Gasteiger partial charge in [-0.1, -0.05) is 78.9 Å². The molecular formula is C28H28N2O. The SMILES string of the molecule is O=C1c2[nH]c3ccccc3c2CCC1CCN(Cc1ccccc1)Cc1ccccc1. The minimum Gasteiger partial charge on any atom is -0.352 e. The van der Waals surface area contributed by atoms with Gasteiger partial charge in [-0.25, -0.2) is 0 Å². The highest BCUT2D eigenvalue weighted by Gasteiger charge is 2.30. The molecular weight excluding hydrogens is 380 g/mol. The second-order valence-corrected chi connectivity index (χ2v) is 8.59. The normalized spacial score (nSPS) is 16.0. The van der Waals surface area contributed by atoms with Crippen LogP contribution in [0.1, 0.15) is 40.0 Å². The van der Waals surface area contributed by atoms with Gasteiger partial charge in [0.2, 0.25) is 0 Å². The predicted molar refractivity (Wildman–Crippen MR) is 126 cm³/mol. The number of H-pyrrole nitrogens is 1. The Morgan fingerprint density at radius 1 is 0.806 bits per heavy atom. The number of fused-ring (bicyclic) bond motifs is 3. The molecule has 0 bridgehead atoms. The van der Waals surface area contributed by atoms with E-state index >= 15 is 0 Å². The number of aryl methyl sites for hydroxylation is 1. The molecule has 1 aromatic heterocycles. The van der Waals surface area contributed by atoms with Crippen molar-refractivity contribution in [3.05, 3.63) is 107 Å². The van der Waals surface area contributed by atoms with Gasteiger partial charge in [0.15, 0.2) is 5.78 Å². The van der Waals surface area contributed by atoms with Gasteiger partial charge in [-0.3, -0.25) is 9.69 Å². The van der Waals surface area contributed by atoms with Crippen LogP contribution < -0.4 is 0 Å². The molecule has 0 amide bonds. The maximum Gasteiger partial charge on any atom is 0.182 e.